The maximum atomic E-state index is 12.1. The standard InChI is InChI=1S/C14H13ClO2S/c15-13-6-8-14(9-7-13)18(16,17)11-10-12-4-2-1-3-5-12/h1-9H,10-11H2. The van der Waals surface area contributed by atoms with Gasteiger partial charge in [-0.05, 0) is 36.2 Å². The minimum absolute atomic E-state index is 0.110. The van der Waals surface area contributed by atoms with E-state index in [-0.39, 0.29) is 5.75 Å². The van der Waals surface area contributed by atoms with Crippen LogP contribution in [0.2, 0.25) is 5.02 Å². The summed E-state index contributed by atoms with van der Waals surface area (Å²) in [4.78, 5) is 0.322. The van der Waals surface area contributed by atoms with Crippen LogP contribution in [0.1, 0.15) is 5.56 Å². The average molecular weight is 281 g/mol. The molecule has 2 aromatic rings. The SMILES string of the molecule is O=S(=O)(CCc1ccccc1)c1ccc(Cl)cc1. The summed E-state index contributed by atoms with van der Waals surface area (Å²) in [6.07, 6.45) is 0.520. The molecule has 0 aliphatic carbocycles. The Bertz CT molecular complexity index is 604. The van der Waals surface area contributed by atoms with Crippen LogP contribution >= 0.6 is 11.6 Å². The van der Waals surface area contributed by atoms with Crippen molar-refractivity contribution in [2.24, 2.45) is 0 Å². The van der Waals surface area contributed by atoms with Crippen molar-refractivity contribution in [2.75, 3.05) is 5.75 Å². The van der Waals surface area contributed by atoms with E-state index in [1.165, 1.54) is 0 Å². The Labute approximate surface area is 112 Å². The first-order valence-electron chi connectivity index (χ1n) is 5.60. The second-order valence-electron chi connectivity index (χ2n) is 4.01. The van der Waals surface area contributed by atoms with E-state index < -0.39 is 9.84 Å². The summed E-state index contributed by atoms with van der Waals surface area (Å²) in [5.41, 5.74) is 1.02. The van der Waals surface area contributed by atoms with Gasteiger partial charge in [0.05, 0.1) is 10.6 Å². The summed E-state index contributed by atoms with van der Waals surface area (Å²) >= 11 is 5.74. The largest absolute Gasteiger partial charge is 0.224 e. The van der Waals surface area contributed by atoms with Gasteiger partial charge in [-0.15, -0.1) is 0 Å². The molecule has 0 aromatic heterocycles. The van der Waals surface area contributed by atoms with E-state index in [0.29, 0.717) is 16.3 Å². The highest BCUT2D eigenvalue weighted by Gasteiger charge is 2.13. The summed E-state index contributed by atoms with van der Waals surface area (Å²) in [5.74, 6) is 0.110. The van der Waals surface area contributed by atoms with Crippen LogP contribution in [0, 0.1) is 0 Å². The summed E-state index contributed by atoms with van der Waals surface area (Å²) in [6.45, 7) is 0. The molecule has 0 bridgehead atoms. The molecule has 94 valence electrons. The van der Waals surface area contributed by atoms with Gasteiger partial charge in [0.25, 0.3) is 0 Å². The van der Waals surface area contributed by atoms with Gasteiger partial charge in [0.15, 0.2) is 9.84 Å². The highest BCUT2D eigenvalue weighted by Crippen LogP contribution is 2.16. The molecule has 0 atom stereocenters. The van der Waals surface area contributed by atoms with Crippen LogP contribution in [-0.4, -0.2) is 14.2 Å². The third-order valence-corrected chi connectivity index (χ3v) is 4.66. The lowest BCUT2D eigenvalue weighted by Crippen LogP contribution is -2.09. The Balaban J connectivity index is 2.11. The van der Waals surface area contributed by atoms with E-state index in [1.54, 1.807) is 24.3 Å². The van der Waals surface area contributed by atoms with Gasteiger partial charge in [-0.25, -0.2) is 8.42 Å². The molecular weight excluding hydrogens is 268 g/mol. The Kier molecular flexibility index (Phi) is 4.04. The quantitative estimate of drug-likeness (QED) is 0.861. The normalized spacial score (nSPS) is 11.4. The van der Waals surface area contributed by atoms with Crippen molar-refractivity contribution >= 4 is 21.4 Å². The van der Waals surface area contributed by atoms with Crippen molar-refractivity contribution in [2.45, 2.75) is 11.3 Å². The molecule has 0 radical (unpaired) electrons. The molecule has 0 aliphatic heterocycles. The molecule has 0 heterocycles. The van der Waals surface area contributed by atoms with Crippen molar-refractivity contribution in [1.29, 1.82) is 0 Å². The molecule has 0 aliphatic rings. The van der Waals surface area contributed by atoms with Crippen molar-refractivity contribution in [3.05, 3.63) is 65.2 Å². The zero-order valence-electron chi connectivity index (χ0n) is 9.71. The molecule has 0 saturated heterocycles. The number of sulfone groups is 1. The zero-order chi connectivity index (χ0) is 13.0. The Morgan fingerprint density at radius 1 is 0.889 bits per heavy atom. The lowest BCUT2D eigenvalue weighted by atomic mass is 10.2. The summed E-state index contributed by atoms with van der Waals surface area (Å²) in [6, 6.07) is 15.9. The van der Waals surface area contributed by atoms with Crippen molar-refractivity contribution in [3.8, 4) is 0 Å². The average Bonchev–Trinajstić information content (AvgIpc) is 2.38. The Morgan fingerprint density at radius 3 is 2.11 bits per heavy atom. The van der Waals surface area contributed by atoms with Gasteiger partial charge in [-0.1, -0.05) is 41.9 Å². The molecule has 2 nitrogen and oxygen atoms in total. The Hall–Kier alpha value is -1.32. The second-order valence-corrected chi connectivity index (χ2v) is 6.55. The van der Waals surface area contributed by atoms with Crippen molar-refractivity contribution < 1.29 is 8.42 Å². The first-order chi connectivity index (χ1) is 8.58. The fourth-order valence-corrected chi connectivity index (χ4v) is 3.07. The van der Waals surface area contributed by atoms with Gasteiger partial charge in [0.1, 0.15) is 0 Å². The van der Waals surface area contributed by atoms with Gasteiger partial charge >= 0.3 is 0 Å². The molecule has 2 aromatic carbocycles. The topological polar surface area (TPSA) is 34.1 Å². The predicted molar refractivity (Wildman–Crippen MR) is 73.7 cm³/mol. The van der Waals surface area contributed by atoms with E-state index in [0.717, 1.165) is 5.56 Å². The number of hydrogen-bond donors (Lipinski definition) is 0. The third-order valence-electron chi connectivity index (χ3n) is 2.68. The molecule has 18 heavy (non-hydrogen) atoms. The van der Waals surface area contributed by atoms with Crippen LogP contribution in [0.4, 0.5) is 0 Å². The van der Waals surface area contributed by atoms with E-state index in [1.807, 2.05) is 30.3 Å². The summed E-state index contributed by atoms with van der Waals surface area (Å²) in [5, 5.41) is 0.539. The van der Waals surface area contributed by atoms with Crippen LogP contribution in [0.25, 0.3) is 0 Å². The second kappa shape index (κ2) is 5.55. The first kappa shape index (κ1) is 13.1. The van der Waals surface area contributed by atoms with Crippen molar-refractivity contribution in [3.63, 3.8) is 0 Å². The molecule has 0 spiro atoms. The minimum atomic E-state index is -3.23. The lowest BCUT2D eigenvalue weighted by Gasteiger charge is -2.04. The smallest absolute Gasteiger partial charge is 0.178 e. The van der Waals surface area contributed by atoms with Crippen LogP contribution in [0.3, 0.4) is 0 Å². The lowest BCUT2D eigenvalue weighted by molar-refractivity contribution is 0.595. The maximum Gasteiger partial charge on any atom is 0.178 e. The van der Waals surface area contributed by atoms with E-state index >= 15 is 0 Å². The highest BCUT2D eigenvalue weighted by atomic mass is 35.5. The van der Waals surface area contributed by atoms with E-state index in [4.69, 9.17) is 11.6 Å². The monoisotopic (exact) mass is 280 g/mol. The van der Waals surface area contributed by atoms with Gasteiger partial charge in [-0.3, -0.25) is 0 Å². The molecule has 0 amide bonds. The number of halogens is 1. The summed E-state index contributed by atoms with van der Waals surface area (Å²) in [7, 11) is -3.23. The minimum Gasteiger partial charge on any atom is -0.224 e. The number of benzene rings is 2. The maximum absolute atomic E-state index is 12.1. The van der Waals surface area contributed by atoms with Gasteiger partial charge in [0, 0.05) is 5.02 Å². The van der Waals surface area contributed by atoms with Crippen LogP contribution in [0.15, 0.2) is 59.5 Å². The number of hydrogen-bond acceptors (Lipinski definition) is 2. The third kappa shape index (κ3) is 3.34. The van der Waals surface area contributed by atoms with Gasteiger partial charge in [0.2, 0.25) is 0 Å². The van der Waals surface area contributed by atoms with Gasteiger partial charge < -0.3 is 0 Å². The molecule has 0 saturated carbocycles. The van der Waals surface area contributed by atoms with Crippen LogP contribution in [-0.2, 0) is 16.3 Å². The van der Waals surface area contributed by atoms with E-state index in [2.05, 4.69) is 0 Å². The van der Waals surface area contributed by atoms with Gasteiger partial charge in [-0.2, -0.15) is 0 Å². The fraction of sp³-hybridized carbons (Fsp3) is 0.143. The van der Waals surface area contributed by atoms with Crippen LogP contribution in [0.5, 0.6) is 0 Å². The number of aryl methyl sites for hydroxylation is 1. The molecule has 0 N–H and O–H groups in total. The highest BCUT2D eigenvalue weighted by molar-refractivity contribution is 7.91. The first-order valence-corrected chi connectivity index (χ1v) is 7.63. The molecular formula is C14H13ClO2S. The molecule has 0 fully saturated rings. The van der Waals surface area contributed by atoms with Crippen molar-refractivity contribution in [1.82, 2.24) is 0 Å². The number of rotatable bonds is 4. The van der Waals surface area contributed by atoms with E-state index in [9.17, 15) is 8.42 Å². The molecule has 4 heteroatoms. The predicted octanol–water partition coefficient (Wildman–Crippen LogP) is 3.36. The Morgan fingerprint density at radius 2 is 1.50 bits per heavy atom. The molecule has 2 rings (SSSR count). The van der Waals surface area contributed by atoms with Crippen LogP contribution < -0.4 is 0 Å². The fourth-order valence-electron chi connectivity index (χ4n) is 1.66. The zero-order valence-corrected chi connectivity index (χ0v) is 11.3. The summed E-state index contributed by atoms with van der Waals surface area (Å²) < 4.78 is 24.1. The molecule has 0 unspecified atom stereocenters.